The minimum atomic E-state index is -2.79. The van der Waals surface area contributed by atoms with Crippen molar-refractivity contribution in [1.29, 1.82) is 0 Å². The van der Waals surface area contributed by atoms with Gasteiger partial charge in [0.15, 0.2) is 0 Å². The number of hydrogen-bond acceptors (Lipinski definition) is 2. The molecule has 13 heavy (non-hydrogen) atoms. The molecule has 4 heteroatoms. The molecule has 0 saturated carbocycles. The summed E-state index contributed by atoms with van der Waals surface area (Å²) in [4.78, 5) is 0. The van der Waals surface area contributed by atoms with E-state index >= 15 is 0 Å². The summed E-state index contributed by atoms with van der Waals surface area (Å²) in [6.07, 6.45) is 0. The molecule has 0 bridgehead atoms. The van der Waals surface area contributed by atoms with E-state index in [1.165, 1.54) is 12.1 Å². The van der Waals surface area contributed by atoms with Gasteiger partial charge >= 0.3 is 6.61 Å². The summed E-state index contributed by atoms with van der Waals surface area (Å²) in [5, 5.41) is 0. The lowest BCUT2D eigenvalue weighted by Gasteiger charge is -2.08. The molecule has 0 radical (unpaired) electrons. The van der Waals surface area contributed by atoms with Crippen LogP contribution in [-0.2, 0) is 0 Å². The van der Waals surface area contributed by atoms with Gasteiger partial charge in [-0.1, -0.05) is 12.1 Å². The van der Waals surface area contributed by atoms with Crippen molar-refractivity contribution in [2.75, 3.05) is 0 Å². The Hall–Kier alpha value is -1.16. The largest absolute Gasteiger partial charge is 0.435 e. The normalized spacial score (nSPS) is 13.0. The average Bonchev–Trinajstić information content (AvgIpc) is 2.03. The molecule has 0 fully saturated rings. The maximum Gasteiger partial charge on any atom is 0.387 e. The fraction of sp³-hybridized carbons (Fsp3) is 0.333. The zero-order chi connectivity index (χ0) is 9.84. The summed E-state index contributed by atoms with van der Waals surface area (Å²) in [5.74, 6) is 0.143. The van der Waals surface area contributed by atoms with Gasteiger partial charge in [-0.3, -0.25) is 0 Å². The lowest BCUT2D eigenvalue weighted by Crippen LogP contribution is -2.06. The van der Waals surface area contributed by atoms with Gasteiger partial charge in [0.1, 0.15) is 5.75 Å². The quantitative estimate of drug-likeness (QED) is 0.788. The van der Waals surface area contributed by atoms with Gasteiger partial charge < -0.3 is 10.5 Å². The van der Waals surface area contributed by atoms with Gasteiger partial charge in [0, 0.05) is 6.04 Å². The number of ether oxygens (including phenoxy) is 1. The van der Waals surface area contributed by atoms with Crippen LogP contribution in [0.5, 0.6) is 5.75 Å². The van der Waals surface area contributed by atoms with Gasteiger partial charge in [0.05, 0.1) is 0 Å². The number of nitrogens with two attached hydrogens (primary N) is 1. The highest BCUT2D eigenvalue weighted by atomic mass is 19.3. The second-order valence-corrected chi connectivity index (χ2v) is 2.74. The Morgan fingerprint density at radius 1 is 1.38 bits per heavy atom. The fourth-order valence-electron chi connectivity index (χ4n) is 0.974. The van der Waals surface area contributed by atoms with Crippen molar-refractivity contribution in [1.82, 2.24) is 0 Å². The maximum atomic E-state index is 11.8. The van der Waals surface area contributed by atoms with Gasteiger partial charge in [-0.15, -0.1) is 0 Å². The molecule has 0 aliphatic heterocycles. The minimum Gasteiger partial charge on any atom is -0.435 e. The first-order valence-electron chi connectivity index (χ1n) is 3.90. The Bertz CT molecular complexity index is 276. The van der Waals surface area contributed by atoms with Crippen LogP contribution >= 0.6 is 0 Å². The molecule has 0 aromatic heterocycles. The van der Waals surface area contributed by atoms with Gasteiger partial charge in [-0.25, -0.2) is 0 Å². The molecule has 0 heterocycles. The first kappa shape index (κ1) is 9.92. The average molecular weight is 187 g/mol. The lowest BCUT2D eigenvalue weighted by molar-refractivity contribution is -0.0498. The Labute approximate surface area is 75.3 Å². The standard InChI is InChI=1S/C9H11F2NO/c1-6(12)7-3-2-4-8(5-7)13-9(10)11/h2-6,9H,12H2,1H3. The van der Waals surface area contributed by atoms with Gasteiger partial charge in [0.2, 0.25) is 0 Å². The van der Waals surface area contributed by atoms with Gasteiger partial charge in [-0.05, 0) is 24.6 Å². The van der Waals surface area contributed by atoms with Crippen LogP contribution in [0.15, 0.2) is 24.3 Å². The van der Waals surface area contributed by atoms with Crippen molar-refractivity contribution in [2.45, 2.75) is 19.6 Å². The van der Waals surface area contributed by atoms with Crippen LogP contribution in [-0.4, -0.2) is 6.61 Å². The molecule has 1 aromatic carbocycles. The smallest absolute Gasteiger partial charge is 0.387 e. The number of hydrogen-bond donors (Lipinski definition) is 1. The van der Waals surface area contributed by atoms with Crippen molar-refractivity contribution in [3.8, 4) is 5.75 Å². The minimum absolute atomic E-state index is 0.143. The molecule has 1 rings (SSSR count). The van der Waals surface area contributed by atoms with Crippen molar-refractivity contribution >= 4 is 0 Å². The zero-order valence-electron chi connectivity index (χ0n) is 7.21. The third-order valence-electron chi connectivity index (χ3n) is 1.61. The summed E-state index contributed by atoms with van der Waals surface area (Å²) >= 11 is 0. The first-order chi connectivity index (χ1) is 6.09. The molecular weight excluding hydrogens is 176 g/mol. The summed E-state index contributed by atoms with van der Waals surface area (Å²) in [7, 11) is 0. The molecule has 2 nitrogen and oxygen atoms in total. The van der Waals surface area contributed by atoms with E-state index in [2.05, 4.69) is 4.74 Å². The van der Waals surface area contributed by atoms with E-state index in [1.807, 2.05) is 0 Å². The molecular formula is C9H11F2NO. The zero-order valence-corrected chi connectivity index (χ0v) is 7.21. The van der Waals surface area contributed by atoms with Crippen molar-refractivity contribution in [2.24, 2.45) is 5.73 Å². The van der Waals surface area contributed by atoms with Crippen molar-refractivity contribution in [3.05, 3.63) is 29.8 Å². The molecule has 1 aromatic rings. The second-order valence-electron chi connectivity index (χ2n) is 2.74. The highest BCUT2D eigenvalue weighted by molar-refractivity contribution is 5.30. The van der Waals surface area contributed by atoms with E-state index in [1.54, 1.807) is 19.1 Å². The maximum absolute atomic E-state index is 11.8. The third kappa shape index (κ3) is 2.99. The summed E-state index contributed by atoms with van der Waals surface area (Å²) < 4.78 is 27.8. The highest BCUT2D eigenvalue weighted by Gasteiger charge is 2.05. The second kappa shape index (κ2) is 4.18. The van der Waals surface area contributed by atoms with E-state index in [-0.39, 0.29) is 11.8 Å². The molecule has 0 spiro atoms. The van der Waals surface area contributed by atoms with Crippen molar-refractivity contribution in [3.63, 3.8) is 0 Å². The van der Waals surface area contributed by atoms with Crippen LogP contribution in [0.1, 0.15) is 18.5 Å². The molecule has 1 unspecified atom stereocenters. The monoisotopic (exact) mass is 187 g/mol. The molecule has 0 aliphatic carbocycles. The SMILES string of the molecule is CC(N)c1cccc(OC(F)F)c1. The third-order valence-corrected chi connectivity index (χ3v) is 1.61. The molecule has 2 N–H and O–H groups in total. The van der Waals surface area contributed by atoms with E-state index in [0.717, 1.165) is 5.56 Å². The fourth-order valence-corrected chi connectivity index (χ4v) is 0.974. The Morgan fingerprint density at radius 2 is 2.08 bits per heavy atom. The predicted molar refractivity (Wildman–Crippen MR) is 45.7 cm³/mol. The molecule has 0 amide bonds. The van der Waals surface area contributed by atoms with E-state index in [4.69, 9.17) is 5.73 Å². The molecule has 1 atom stereocenters. The van der Waals surface area contributed by atoms with E-state index < -0.39 is 6.61 Å². The Kier molecular flexibility index (Phi) is 3.19. The van der Waals surface area contributed by atoms with Crippen molar-refractivity contribution < 1.29 is 13.5 Å². The number of rotatable bonds is 3. The Morgan fingerprint density at radius 3 is 2.62 bits per heavy atom. The van der Waals surface area contributed by atoms with Crippen LogP contribution in [0, 0.1) is 0 Å². The van der Waals surface area contributed by atoms with Crippen LogP contribution < -0.4 is 10.5 Å². The Balaban J connectivity index is 2.79. The molecule has 72 valence electrons. The summed E-state index contributed by atoms with van der Waals surface area (Å²) in [6, 6.07) is 6.20. The number of alkyl halides is 2. The molecule has 0 saturated heterocycles. The predicted octanol–water partition coefficient (Wildman–Crippen LogP) is 2.31. The highest BCUT2D eigenvalue weighted by Crippen LogP contribution is 2.18. The summed E-state index contributed by atoms with van der Waals surface area (Å²) in [6.45, 7) is -1.01. The lowest BCUT2D eigenvalue weighted by atomic mass is 10.1. The number of halogens is 2. The van der Waals surface area contributed by atoms with Crippen LogP contribution in [0.3, 0.4) is 0 Å². The van der Waals surface area contributed by atoms with E-state index in [0.29, 0.717) is 0 Å². The number of benzene rings is 1. The van der Waals surface area contributed by atoms with Gasteiger partial charge in [0.25, 0.3) is 0 Å². The topological polar surface area (TPSA) is 35.2 Å². The van der Waals surface area contributed by atoms with Crippen LogP contribution in [0.2, 0.25) is 0 Å². The summed E-state index contributed by atoms with van der Waals surface area (Å²) in [5.41, 5.74) is 6.35. The van der Waals surface area contributed by atoms with Gasteiger partial charge in [-0.2, -0.15) is 8.78 Å². The molecule has 0 aliphatic rings. The van der Waals surface area contributed by atoms with E-state index in [9.17, 15) is 8.78 Å². The van der Waals surface area contributed by atoms with Crippen LogP contribution in [0.25, 0.3) is 0 Å². The van der Waals surface area contributed by atoms with Crippen LogP contribution in [0.4, 0.5) is 8.78 Å². The first-order valence-corrected chi connectivity index (χ1v) is 3.90.